The molecule has 2 heterocycles. The molecule has 49 heavy (non-hydrogen) atoms. The van der Waals surface area contributed by atoms with Crippen LogP contribution in [0.1, 0.15) is 50.7 Å². The maximum atomic E-state index is 13.4. The van der Waals surface area contributed by atoms with Crippen molar-refractivity contribution in [3.63, 3.8) is 0 Å². The van der Waals surface area contributed by atoms with Crippen molar-refractivity contribution < 1.29 is 13.9 Å². The Morgan fingerprint density at radius 1 is 0.673 bits per heavy atom. The first-order chi connectivity index (χ1) is 23.9. The standard InChI is InChI=1S/C42H49N3O4/c1-5-26-45(6-2)30-15-28-43(3)27-13-14-29-44(4)35-22-20-32(21-23-35)39-31-37(46)36-24-25-38-41(40(36)47-39)49-42(48-38,33-16-9-7-10-17-33)34-18-11-8-12-19-34/h7-12,16-25,31H,5-6,13-15,26-30H2,1-4H3. The van der Waals surface area contributed by atoms with Gasteiger partial charge in [0.25, 0.3) is 0 Å². The highest BCUT2D eigenvalue weighted by atomic mass is 16.7. The number of benzene rings is 4. The number of ether oxygens (including phenoxy) is 2. The second-order valence-electron chi connectivity index (χ2n) is 13.1. The van der Waals surface area contributed by atoms with Crippen molar-refractivity contribution in [2.75, 3.05) is 58.3 Å². The van der Waals surface area contributed by atoms with Gasteiger partial charge in [-0.25, -0.2) is 0 Å². The Kier molecular flexibility index (Phi) is 11.0. The van der Waals surface area contributed by atoms with Crippen molar-refractivity contribution in [3.05, 3.63) is 124 Å². The zero-order valence-electron chi connectivity index (χ0n) is 29.4. The van der Waals surface area contributed by atoms with Crippen LogP contribution in [0.3, 0.4) is 0 Å². The summed E-state index contributed by atoms with van der Waals surface area (Å²) in [5.41, 5.74) is 3.89. The van der Waals surface area contributed by atoms with Gasteiger partial charge in [-0.05, 0) is 102 Å². The number of unbranched alkanes of at least 4 members (excludes halogenated alkanes) is 1. The van der Waals surface area contributed by atoms with Crippen LogP contribution in [-0.2, 0) is 5.79 Å². The SMILES string of the molecule is CCCN(CC)CCCN(C)CCCCN(C)c1ccc(-c2cc(=O)c3ccc4c(c3o2)OC(c2ccccc2)(c2ccccc2)O4)cc1. The van der Waals surface area contributed by atoms with E-state index in [0.29, 0.717) is 28.2 Å². The molecule has 0 N–H and O–H groups in total. The lowest BCUT2D eigenvalue weighted by molar-refractivity contribution is -0.0456. The summed E-state index contributed by atoms with van der Waals surface area (Å²) < 4.78 is 19.8. The zero-order chi connectivity index (χ0) is 34.2. The summed E-state index contributed by atoms with van der Waals surface area (Å²) in [5, 5.41) is 0.449. The van der Waals surface area contributed by atoms with E-state index in [1.54, 1.807) is 18.2 Å². The number of anilines is 1. The molecule has 7 nitrogen and oxygen atoms in total. The van der Waals surface area contributed by atoms with Crippen LogP contribution in [0.5, 0.6) is 11.5 Å². The maximum Gasteiger partial charge on any atom is 0.305 e. The molecule has 0 spiro atoms. The van der Waals surface area contributed by atoms with E-state index >= 15 is 0 Å². The highest BCUT2D eigenvalue weighted by Crippen LogP contribution is 2.50. The van der Waals surface area contributed by atoms with E-state index in [0.717, 1.165) is 55.0 Å². The van der Waals surface area contributed by atoms with Crippen LogP contribution in [0.4, 0.5) is 5.69 Å². The van der Waals surface area contributed by atoms with Crippen LogP contribution < -0.4 is 19.8 Å². The van der Waals surface area contributed by atoms with E-state index in [1.165, 1.54) is 32.4 Å². The molecule has 0 unspecified atom stereocenters. The third-order valence-electron chi connectivity index (χ3n) is 9.50. The molecule has 0 saturated carbocycles. The van der Waals surface area contributed by atoms with E-state index in [2.05, 4.69) is 54.8 Å². The molecule has 0 fully saturated rings. The van der Waals surface area contributed by atoms with Crippen LogP contribution in [0.25, 0.3) is 22.3 Å². The van der Waals surface area contributed by atoms with Gasteiger partial charge >= 0.3 is 5.79 Å². The van der Waals surface area contributed by atoms with Gasteiger partial charge in [0, 0.05) is 42.0 Å². The number of hydrogen-bond donors (Lipinski definition) is 0. The molecule has 0 bridgehead atoms. The minimum absolute atomic E-state index is 0.130. The number of fused-ring (bicyclic) bond motifs is 3. The first-order valence-corrected chi connectivity index (χ1v) is 17.7. The highest BCUT2D eigenvalue weighted by molar-refractivity contribution is 5.87. The molecule has 4 aromatic carbocycles. The number of hydrogen-bond acceptors (Lipinski definition) is 7. The van der Waals surface area contributed by atoms with E-state index in [4.69, 9.17) is 13.9 Å². The molecule has 7 heteroatoms. The monoisotopic (exact) mass is 659 g/mol. The Labute approximate surface area is 290 Å². The van der Waals surface area contributed by atoms with E-state index in [9.17, 15) is 4.79 Å². The summed E-state index contributed by atoms with van der Waals surface area (Å²) in [5.74, 6) is 0.227. The molecule has 256 valence electrons. The van der Waals surface area contributed by atoms with Crippen molar-refractivity contribution in [2.45, 2.75) is 45.3 Å². The van der Waals surface area contributed by atoms with Crippen LogP contribution >= 0.6 is 0 Å². The summed E-state index contributed by atoms with van der Waals surface area (Å²) in [6.45, 7) is 11.3. The fourth-order valence-electron chi connectivity index (χ4n) is 6.69. The lowest BCUT2D eigenvalue weighted by Crippen LogP contribution is -2.36. The average molecular weight is 660 g/mol. The van der Waals surface area contributed by atoms with Gasteiger partial charge in [-0.15, -0.1) is 0 Å². The number of rotatable bonds is 16. The van der Waals surface area contributed by atoms with Gasteiger partial charge < -0.3 is 28.6 Å². The van der Waals surface area contributed by atoms with Crippen molar-refractivity contribution in [1.82, 2.24) is 9.80 Å². The first-order valence-electron chi connectivity index (χ1n) is 17.7. The summed E-state index contributed by atoms with van der Waals surface area (Å²) >= 11 is 0. The summed E-state index contributed by atoms with van der Waals surface area (Å²) in [4.78, 5) is 20.7. The smallest absolute Gasteiger partial charge is 0.305 e. The first kappa shape index (κ1) is 34.3. The molecular weight excluding hydrogens is 610 g/mol. The van der Waals surface area contributed by atoms with Crippen molar-refractivity contribution in [3.8, 4) is 22.8 Å². The van der Waals surface area contributed by atoms with Crippen LogP contribution in [0.2, 0.25) is 0 Å². The van der Waals surface area contributed by atoms with Crippen LogP contribution in [0.15, 0.2) is 112 Å². The maximum absolute atomic E-state index is 13.4. The Morgan fingerprint density at radius 3 is 1.98 bits per heavy atom. The fraction of sp³-hybridized carbons (Fsp3) is 0.357. The number of nitrogens with zero attached hydrogens (tertiary/aromatic N) is 3. The van der Waals surface area contributed by atoms with Gasteiger partial charge in [-0.3, -0.25) is 4.79 Å². The zero-order valence-corrected chi connectivity index (χ0v) is 29.4. The third-order valence-corrected chi connectivity index (χ3v) is 9.50. The minimum atomic E-state index is -1.21. The van der Waals surface area contributed by atoms with Gasteiger partial charge in [-0.2, -0.15) is 0 Å². The molecule has 0 saturated heterocycles. The fourth-order valence-corrected chi connectivity index (χ4v) is 6.69. The Balaban J connectivity index is 1.13. The topological polar surface area (TPSA) is 58.4 Å². The molecule has 0 atom stereocenters. The van der Waals surface area contributed by atoms with Gasteiger partial charge in [-0.1, -0.05) is 74.5 Å². The largest absolute Gasteiger partial charge is 0.452 e. The van der Waals surface area contributed by atoms with Crippen LogP contribution in [0, 0.1) is 0 Å². The predicted octanol–water partition coefficient (Wildman–Crippen LogP) is 8.40. The normalized spacial score (nSPS) is 13.4. The second kappa shape index (κ2) is 15.7. The third kappa shape index (κ3) is 7.69. The second-order valence-corrected chi connectivity index (χ2v) is 13.1. The minimum Gasteiger partial charge on any atom is -0.452 e. The van der Waals surface area contributed by atoms with E-state index in [1.807, 2.05) is 72.8 Å². The van der Waals surface area contributed by atoms with Crippen molar-refractivity contribution >= 4 is 16.7 Å². The quantitative estimate of drug-likeness (QED) is 0.0987. The molecule has 0 amide bonds. The lowest BCUT2D eigenvalue weighted by atomic mass is 9.97. The molecule has 0 radical (unpaired) electrons. The van der Waals surface area contributed by atoms with Crippen LogP contribution in [-0.4, -0.2) is 63.2 Å². The Hall–Kier alpha value is -4.59. The summed E-state index contributed by atoms with van der Waals surface area (Å²) in [7, 11) is 4.37. The molecule has 1 aliphatic rings. The highest BCUT2D eigenvalue weighted by Gasteiger charge is 2.46. The lowest BCUT2D eigenvalue weighted by Gasteiger charge is -2.28. The molecule has 6 rings (SSSR count). The van der Waals surface area contributed by atoms with Gasteiger partial charge in [0.15, 0.2) is 16.8 Å². The Bertz CT molecular complexity index is 1820. The molecule has 1 aliphatic heterocycles. The van der Waals surface area contributed by atoms with E-state index in [-0.39, 0.29) is 5.43 Å². The molecule has 5 aromatic rings. The van der Waals surface area contributed by atoms with Gasteiger partial charge in [0.1, 0.15) is 5.76 Å². The predicted molar refractivity (Wildman–Crippen MR) is 200 cm³/mol. The van der Waals surface area contributed by atoms with E-state index < -0.39 is 5.79 Å². The summed E-state index contributed by atoms with van der Waals surface area (Å²) in [6.07, 6.45) is 4.73. The van der Waals surface area contributed by atoms with Gasteiger partial charge in [0.05, 0.1) is 5.39 Å². The molecule has 0 aliphatic carbocycles. The summed E-state index contributed by atoms with van der Waals surface area (Å²) in [6, 6.07) is 33.0. The molecule has 1 aromatic heterocycles. The van der Waals surface area contributed by atoms with Crippen molar-refractivity contribution in [1.29, 1.82) is 0 Å². The average Bonchev–Trinajstić information content (AvgIpc) is 3.55. The Morgan fingerprint density at radius 2 is 1.33 bits per heavy atom. The van der Waals surface area contributed by atoms with Crippen molar-refractivity contribution in [2.24, 2.45) is 0 Å². The molecular formula is C42H49N3O4. The van der Waals surface area contributed by atoms with Gasteiger partial charge in [0.2, 0.25) is 5.75 Å².